The summed E-state index contributed by atoms with van der Waals surface area (Å²) in [5.41, 5.74) is 0. The molecule has 0 aromatic rings. The van der Waals surface area contributed by atoms with E-state index in [0.717, 1.165) is 17.8 Å². The maximum absolute atomic E-state index is 2.36. The molecule has 0 aromatic heterocycles. The fraction of sp³-hybridized carbons (Fsp3) is 1.00. The van der Waals surface area contributed by atoms with Crippen molar-refractivity contribution in [3.63, 3.8) is 0 Å². The standard InChI is InChI=1S/C11H20.C3H8/c1-2-9-6-7-10-4-3-5-11(10)8-9;1-3-2/h9-11H,2-8H2,1H3;3H2,1-2H3. The fourth-order valence-corrected chi connectivity index (χ4v) is 3.17. The van der Waals surface area contributed by atoms with Gasteiger partial charge in [-0.1, -0.05) is 59.3 Å². The van der Waals surface area contributed by atoms with Crippen molar-refractivity contribution in [3.8, 4) is 0 Å². The Hall–Kier alpha value is 0. The highest BCUT2D eigenvalue weighted by Gasteiger charge is 2.32. The summed E-state index contributed by atoms with van der Waals surface area (Å²) in [6.07, 6.45) is 12.0. The Bertz CT molecular complexity index is 139. The van der Waals surface area contributed by atoms with Crippen LogP contribution in [0.2, 0.25) is 0 Å². The van der Waals surface area contributed by atoms with Crippen LogP contribution >= 0.6 is 0 Å². The third-order valence-electron chi connectivity index (χ3n) is 3.98. The molecule has 0 heterocycles. The minimum Gasteiger partial charge on any atom is -0.0656 e. The Kier molecular flexibility index (Phi) is 5.59. The molecule has 0 amide bonds. The van der Waals surface area contributed by atoms with E-state index in [1.165, 1.54) is 25.7 Å². The van der Waals surface area contributed by atoms with Crippen molar-refractivity contribution in [1.29, 1.82) is 0 Å². The van der Waals surface area contributed by atoms with Gasteiger partial charge in [-0.05, 0) is 30.6 Å². The second-order valence-electron chi connectivity index (χ2n) is 5.25. The van der Waals surface area contributed by atoms with Crippen LogP contribution in [0.1, 0.15) is 72.1 Å². The van der Waals surface area contributed by atoms with E-state index in [1.54, 1.807) is 25.7 Å². The molecule has 14 heavy (non-hydrogen) atoms. The number of fused-ring (bicyclic) bond motifs is 1. The van der Waals surface area contributed by atoms with Gasteiger partial charge in [0.05, 0.1) is 0 Å². The van der Waals surface area contributed by atoms with Crippen LogP contribution in [0.25, 0.3) is 0 Å². The molecule has 2 fully saturated rings. The lowest BCUT2D eigenvalue weighted by molar-refractivity contribution is 0.204. The first-order valence-corrected chi connectivity index (χ1v) is 6.81. The molecule has 0 aliphatic heterocycles. The van der Waals surface area contributed by atoms with E-state index >= 15 is 0 Å². The Balaban J connectivity index is 0.000000293. The molecule has 0 radical (unpaired) electrons. The van der Waals surface area contributed by atoms with E-state index in [4.69, 9.17) is 0 Å². The highest BCUT2D eigenvalue weighted by molar-refractivity contribution is 4.84. The van der Waals surface area contributed by atoms with Crippen molar-refractivity contribution < 1.29 is 0 Å². The van der Waals surface area contributed by atoms with Gasteiger partial charge in [0.2, 0.25) is 0 Å². The molecule has 0 spiro atoms. The maximum Gasteiger partial charge on any atom is -0.0383 e. The predicted molar refractivity (Wildman–Crippen MR) is 64.4 cm³/mol. The lowest BCUT2D eigenvalue weighted by Gasteiger charge is -2.31. The zero-order chi connectivity index (χ0) is 10.4. The van der Waals surface area contributed by atoms with E-state index in [2.05, 4.69) is 20.8 Å². The lowest BCUT2D eigenvalue weighted by atomic mass is 9.75. The Morgan fingerprint density at radius 3 is 2.14 bits per heavy atom. The van der Waals surface area contributed by atoms with Crippen molar-refractivity contribution >= 4 is 0 Å². The van der Waals surface area contributed by atoms with Gasteiger partial charge < -0.3 is 0 Å². The summed E-state index contributed by atoms with van der Waals surface area (Å²) in [7, 11) is 0. The maximum atomic E-state index is 2.36. The molecule has 2 aliphatic rings. The van der Waals surface area contributed by atoms with E-state index in [1.807, 2.05) is 0 Å². The van der Waals surface area contributed by atoms with Crippen LogP contribution in [-0.4, -0.2) is 0 Å². The predicted octanol–water partition coefficient (Wildman–Crippen LogP) is 5.03. The van der Waals surface area contributed by atoms with Crippen LogP contribution in [0.5, 0.6) is 0 Å². The molecule has 0 heteroatoms. The molecule has 84 valence electrons. The molecule has 2 saturated carbocycles. The van der Waals surface area contributed by atoms with E-state index < -0.39 is 0 Å². The van der Waals surface area contributed by atoms with Crippen molar-refractivity contribution in [1.82, 2.24) is 0 Å². The second kappa shape index (κ2) is 6.48. The zero-order valence-electron chi connectivity index (χ0n) is 10.4. The average molecular weight is 196 g/mol. The molecular weight excluding hydrogens is 168 g/mol. The fourth-order valence-electron chi connectivity index (χ4n) is 3.17. The molecule has 0 nitrogen and oxygen atoms in total. The summed E-state index contributed by atoms with van der Waals surface area (Å²) in [5, 5.41) is 0. The first-order chi connectivity index (χ1) is 6.81. The summed E-state index contributed by atoms with van der Waals surface area (Å²) >= 11 is 0. The first kappa shape index (κ1) is 12.1. The summed E-state index contributed by atoms with van der Waals surface area (Å²) in [6, 6.07) is 0. The molecule has 3 atom stereocenters. The molecule has 0 bridgehead atoms. The molecule has 2 rings (SSSR count). The molecule has 0 saturated heterocycles. The molecule has 2 aliphatic carbocycles. The smallest absolute Gasteiger partial charge is 0.0383 e. The van der Waals surface area contributed by atoms with Gasteiger partial charge in [0.1, 0.15) is 0 Å². The molecule has 0 aromatic carbocycles. The Morgan fingerprint density at radius 1 is 0.857 bits per heavy atom. The van der Waals surface area contributed by atoms with E-state index in [9.17, 15) is 0 Å². The molecule has 3 unspecified atom stereocenters. The van der Waals surface area contributed by atoms with Gasteiger partial charge in [0.15, 0.2) is 0 Å². The molecule has 0 N–H and O–H groups in total. The van der Waals surface area contributed by atoms with Crippen molar-refractivity contribution in [2.75, 3.05) is 0 Å². The van der Waals surface area contributed by atoms with Crippen molar-refractivity contribution in [2.24, 2.45) is 17.8 Å². The monoisotopic (exact) mass is 196 g/mol. The van der Waals surface area contributed by atoms with Crippen LogP contribution in [0.15, 0.2) is 0 Å². The topological polar surface area (TPSA) is 0 Å². The third kappa shape index (κ3) is 3.29. The minimum atomic E-state index is 1.09. The van der Waals surface area contributed by atoms with Gasteiger partial charge in [-0.15, -0.1) is 0 Å². The SMILES string of the molecule is CCC.CCC1CCC2CCCC2C1. The second-order valence-corrected chi connectivity index (χ2v) is 5.25. The summed E-state index contributed by atoms with van der Waals surface area (Å²) in [6.45, 7) is 6.61. The highest BCUT2D eigenvalue weighted by Crippen LogP contribution is 2.44. The van der Waals surface area contributed by atoms with Gasteiger partial charge in [0.25, 0.3) is 0 Å². The van der Waals surface area contributed by atoms with Gasteiger partial charge in [0, 0.05) is 0 Å². The van der Waals surface area contributed by atoms with Crippen LogP contribution in [0.3, 0.4) is 0 Å². The van der Waals surface area contributed by atoms with Crippen LogP contribution in [0, 0.1) is 17.8 Å². The van der Waals surface area contributed by atoms with Gasteiger partial charge >= 0.3 is 0 Å². The first-order valence-electron chi connectivity index (χ1n) is 6.81. The van der Waals surface area contributed by atoms with Crippen molar-refractivity contribution in [3.05, 3.63) is 0 Å². The van der Waals surface area contributed by atoms with E-state index in [0.29, 0.717) is 0 Å². The number of hydrogen-bond acceptors (Lipinski definition) is 0. The summed E-state index contributed by atoms with van der Waals surface area (Å²) < 4.78 is 0. The lowest BCUT2D eigenvalue weighted by Crippen LogP contribution is -2.19. The van der Waals surface area contributed by atoms with E-state index in [-0.39, 0.29) is 0 Å². The normalized spacial score (nSPS) is 35.8. The third-order valence-corrected chi connectivity index (χ3v) is 3.98. The Labute approximate surface area is 90.5 Å². The molecular formula is C14H28. The van der Waals surface area contributed by atoms with Gasteiger partial charge in [-0.2, -0.15) is 0 Å². The van der Waals surface area contributed by atoms with Crippen molar-refractivity contribution in [2.45, 2.75) is 72.1 Å². The number of hydrogen-bond donors (Lipinski definition) is 0. The van der Waals surface area contributed by atoms with Crippen LogP contribution in [0.4, 0.5) is 0 Å². The average Bonchev–Trinajstić information content (AvgIpc) is 2.65. The Morgan fingerprint density at radius 2 is 1.50 bits per heavy atom. The summed E-state index contributed by atoms with van der Waals surface area (Å²) in [5.74, 6) is 3.39. The quantitative estimate of drug-likeness (QED) is 0.552. The highest BCUT2D eigenvalue weighted by atomic mass is 14.4. The summed E-state index contributed by atoms with van der Waals surface area (Å²) in [4.78, 5) is 0. The van der Waals surface area contributed by atoms with Gasteiger partial charge in [-0.3, -0.25) is 0 Å². The largest absolute Gasteiger partial charge is 0.0656 e. The minimum absolute atomic E-state index is 1.09. The zero-order valence-corrected chi connectivity index (χ0v) is 10.4. The van der Waals surface area contributed by atoms with Crippen LogP contribution < -0.4 is 0 Å². The van der Waals surface area contributed by atoms with Gasteiger partial charge in [-0.25, -0.2) is 0 Å². The number of rotatable bonds is 1. The van der Waals surface area contributed by atoms with Crippen LogP contribution in [-0.2, 0) is 0 Å².